The van der Waals surface area contributed by atoms with Crippen LogP contribution in [0, 0.1) is 0 Å². The van der Waals surface area contributed by atoms with Crippen molar-refractivity contribution in [3.05, 3.63) is 0 Å². The molecule has 0 amide bonds. The lowest BCUT2D eigenvalue weighted by Gasteiger charge is -2.40. The highest BCUT2D eigenvalue weighted by Crippen LogP contribution is 2.47. The minimum Gasteiger partial charge on any atom is -0.364 e. The van der Waals surface area contributed by atoms with Crippen LogP contribution < -0.4 is 0 Å². The Hall–Kier alpha value is -0.120. The van der Waals surface area contributed by atoms with Crippen molar-refractivity contribution in [2.45, 2.75) is 56.7 Å². The summed E-state index contributed by atoms with van der Waals surface area (Å²) in [6, 6.07) is 0. The molecule has 3 aliphatic heterocycles. The second-order valence-corrected chi connectivity index (χ2v) is 4.38. The van der Waals surface area contributed by atoms with E-state index in [4.69, 9.17) is 14.2 Å². The predicted molar refractivity (Wildman–Crippen MR) is 46.4 cm³/mol. The highest BCUT2D eigenvalue weighted by Gasteiger charge is 2.61. The lowest BCUT2D eigenvalue weighted by atomic mass is 9.95. The number of hydrogen-bond acceptors (Lipinski definition) is 3. The average molecular weight is 184 g/mol. The van der Waals surface area contributed by atoms with Gasteiger partial charge < -0.3 is 14.2 Å². The van der Waals surface area contributed by atoms with Crippen LogP contribution in [0.5, 0.6) is 0 Å². The molecule has 74 valence electrons. The van der Waals surface area contributed by atoms with Crippen molar-refractivity contribution < 1.29 is 14.2 Å². The topological polar surface area (TPSA) is 31.0 Å². The lowest BCUT2D eigenvalue weighted by Crippen LogP contribution is -2.50. The third kappa shape index (κ3) is 1.22. The van der Waals surface area contributed by atoms with Gasteiger partial charge in [0, 0.05) is 12.8 Å². The molecule has 3 heterocycles. The highest BCUT2D eigenvalue weighted by atomic mass is 16.8. The van der Waals surface area contributed by atoms with E-state index in [1.807, 2.05) is 0 Å². The molecular weight excluding hydrogens is 168 g/mol. The maximum atomic E-state index is 5.92. The molecule has 3 rings (SSSR count). The number of fused-ring (bicyclic) bond motifs is 2. The highest BCUT2D eigenvalue weighted by molar-refractivity contribution is 5.02. The molecule has 4 atom stereocenters. The molecule has 0 aromatic heterocycles. The van der Waals surface area contributed by atoms with Crippen LogP contribution in [0.1, 0.15) is 32.6 Å². The van der Waals surface area contributed by atoms with Crippen molar-refractivity contribution in [1.29, 1.82) is 0 Å². The zero-order chi connectivity index (χ0) is 8.89. The summed E-state index contributed by atoms with van der Waals surface area (Å²) in [4.78, 5) is 0. The molecule has 3 fully saturated rings. The third-order valence-electron chi connectivity index (χ3n) is 3.25. The minimum atomic E-state index is -0.361. The molecule has 0 aromatic carbocycles. The Kier molecular flexibility index (Phi) is 1.70. The molecule has 0 bridgehead atoms. The largest absolute Gasteiger partial charge is 0.364 e. The summed E-state index contributed by atoms with van der Waals surface area (Å²) >= 11 is 0. The van der Waals surface area contributed by atoms with Crippen molar-refractivity contribution in [3.63, 3.8) is 0 Å². The van der Waals surface area contributed by atoms with Crippen molar-refractivity contribution in [1.82, 2.24) is 0 Å². The van der Waals surface area contributed by atoms with E-state index in [1.54, 1.807) is 0 Å². The maximum absolute atomic E-state index is 5.92. The van der Waals surface area contributed by atoms with Crippen LogP contribution in [0.4, 0.5) is 0 Å². The summed E-state index contributed by atoms with van der Waals surface area (Å²) in [7, 11) is 0. The van der Waals surface area contributed by atoms with E-state index in [0.717, 1.165) is 25.9 Å². The fourth-order valence-electron chi connectivity index (χ4n) is 2.60. The van der Waals surface area contributed by atoms with Crippen molar-refractivity contribution in [2.24, 2.45) is 0 Å². The zero-order valence-corrected chi connectivity index (χ0v) is 7.99. The van der Waals surface area contributed by atoms with Gasteiger partial charge in [0.1, 0.15) is 6.10 Å². The van der Waals surface area contributed by atoms with E-state index < -0.39 is 0 Å². The summed E-state index contributed by atoms with van der Waals surface area (Å²) in [5.74, 6) is -0.361. The quantitative estimate of drug-likeness (QED) is 0.534. The SMILES string of the molecule is C[C@@H]1C[C@@H]2O[C@@H]2[C@]2(CCCCO2)O1. The van der Waals surface area contributed by atoms with Gasteiger partial charge in [0.25, 0.3) is 0 Å². The van der Waals surface area contributed by atoms with Gasteiger partial charge in [-0.2, -0.15) is 0 Å². The van der Waals surface area contributed by atoms with Gasteiger partial charge in [0.05, 0.1) is 18.8 Å². The van der Waals surface area contributed by atoms with Crippen LogP contribution in [0.2, 0.25) is 0 Å². The summed E-state index contributed by atoms with van der Waals surface area (Å²) in [6.45, 7) is 2.94. The van der Waals surface area contributed by atoms with Gasteiger partial charge in [-0.15, -0.1) is 0 Å². The van der Waals surface area contributed by atoms with Gasteiger partial charge in [-0.3, -0.25) is 0 Å². The Bertz CT molecular complexity index is 210. The Balaban J connectivity index is 1.79. The van der Waals surface area contributed by atoms with Crippen LogP contribution in [0.15, 0.2) is 0 Å². The second kappa shape index (κ2) is 2.69. The van der Waals surface area contributed by atoms with Crippen LogP contribution >= 0.6 is 0 Å². The molecule has 1 spiro atoms. The number of epoxide rings is 1. The summed E-state index contributed by atoms with van der Waals surface area (Å²) < 4.78 is 17.3. The fourth-order valence-corrected chi connectivity index (χ4v) is 2.60. The van der Waals surface area contributed by atoms with E-state index in [9.17, 15) is 0 Å². The van der Waals surface area contributed by atoms with E-state index in [0.29, 0.717) is 12.2 Å². The molecule has 0 unspecified atom stereocenters. The Morgan fingerprint density at radius 2 is 2.23 bits per heavy atom. The van der Waals surface area contributed by atoms with Gasteiger partial charge in [-0.25, -0.2) is 0 Å². The minimum absolute atomic E-state index is 0.240. The van der Waals surface area contributed by atoms with Crippen LogP contribution in [-0.4, -0.2) is 30.7 Å². The predicted octanol–water partition coefficient (Wildman–Crippen LogP) is 1.46. The van der Waals surface area contributed by atoms with Crippen molar-refractivity contribution in [2.75, 3.05) is 6.61 Å². The van der Waals surface area contributed by atoms with Gasteiger partial charge in [0.15, 0.2) is 5.79 Å². The van der Waals surface area contributed by atoms with E-state index in [2.05, 4.69) is 6.92 Å². The molecule has 3 heteroatoms. The van der Waals surface area contributed by atoms with E-state index in [1.165, 1.54) is 6.42 Å². The first-order chi connectivity index (χ1) is 6.30. The van der Waals surface area contributed by atoms with Crippen molar-refractivity contribution in [3.8, 4) is 0 Å². The Morgan fingerprint density at radius 3 is 3.00 bits per heavy atom. The van der Waals surface area contributed by atoms with E-state index in [-0.39, 0.29) is 11.9 Å². The summed E-state index contributed by atoms with van der Waals surface area (Å²) in [5, 5.41) is 0. The molecule has 3 nitrogen and oxygen atoms in total. The molecule has 0 N–H and O–H groups in total. The first kappa shape index (κ1) is 8.21. The smallest absolute Gasteiger partial charge is 0.197 e. The maximum Gasteiger partial charge on any atom is 0.197 e. The zero-order valence-electron chi connectivity index (χ0n) is 7.99. The number of rotatable bonds is 0. The monoisotopic (exact) mass is 184 g/mol. The molecule has 3 saturated heterocycles. The van der Waals surface area contributed by atoms with E-state index >= 15 is 0 Å². The fraction of sp³-hybridized carbons (Fsp3) is 1.00. The number of hydrogen-bond donors (Lipinski definition) is 0. The average Bonchev–Trinajstić information content (AvgIpc) is 2.85. The van der Waals surface area contributed by atoms with Gasteiger partial charge >= 0.3 is 0 Å². The van der Waals surface area contributed by atoms with Gasteiger partial charge in [0.2, 0.25) is 0 Å². The molecule has 0 radical (unpaired) electrons. The summed E-state index contributed by atoms with van der Waals surface area (Å²) in [6.07, 6.45) is 5.37. The Labute approximate surface area is 78.3 Å². The molecule has 13 heavy (non-hydrogen) atoms. The third-order valence-corrected chi connectivity index (χ3v) is 3.25. The molecule has 3 aliphatic rings. The first-order valence-electron chi connectivity index (χ1n) is 5.27. The van der Waals surface area contributed by atoms with Crippen LogP contribution in [0.3, 0.4) is 0 Å². The van der Waals surface area contributed by atoms with Gasteiger partial charge in [-0.05, 0) is 19.8 Å². The van der Waals surface area contributed by atoms with Gasteiger partial charge in [-0.1, -0.05) is 0 Å². The lowest BCUT2D eigenvalue weighted by molar-refractivity contribution is -0.288. The first-order valence-corrected chi connectivity index (χ1v) is 5.27. The molecule has 0 aliphatic carbocycles. The van der Waals surface area contributed by atoms with Crippen LogP contribution in [0.25, 0.3) is 0 Å². The molecule has 0 saturated carbocycles. The Morgan fingerprint density at radius 1 is 1.31 bits per heavy atom. The van der Waals surface area contributed by atoms with Crippen molar-refractivity contribution >= 4 is 0 Å². The molecular formula is C10H16O3. The standard InChI is InChI=1S/C10H16O3/c1-7-6-8-9(12-8)10(13-7)4-2-3-5-11-10/h7-9H,2-6H2,1H3/t7-,8+,9+,10+/m1/s1. The summed E-state index contributed by atoms with van der Waals surface area (Å²) in [5.41, 5.74) is 0. The second-order valence-electron chi connectivity index (χ2n) is 4.38. The van der Waals surface area contributed by atoms with Crippen LogP contribution in [-0.2, 0) is 14.2 Å². The molecule has 0 aromatic rings. The normalized spacial score (nSPS) is 54.7. The number of ether oxygens (including phenoxy) is 3.